The topological polar surface area (TPSA) is 99.3 Å². The summed E-state index contributed by atoms with van der Waals surface area (Å²) in [4.78, 5) is 50.9. The van der Waals surface area contributed by atoms with Crippen molar-refractivity contribution in [2.45, 2.75) is 31.7 Å². The SMILES string of the molecule is O=C(c1c[nH]c(=O)cn1)N1CC[C@@H]2[C@@H](CCC(=O)N2CCc2ccccn2)C1. The van der Waals surface area contributed by atoms with Gasteiger partial charge in [0.05, 0.1) is 6.20 Å². The fourth-order valence-corrected chi connectivity index (χ4v) is 4.23. The summed E-state index contributed by atoms with van der Waals surface area (Å²) in [7, 11) is 0. The molecule has 2 saturated heterocycles. The Morgan fingerprint density at radius 3 is 2.86 bits per heavy atom. The van der Waals surface area contributed by atoms with Gasteiger partial charge in [0.25, 0.3) is 11.5 Å². The third kappa shape index (κ3) is 3.81. The molecule has 8 nitrogen and oxygen atoms in total. The van der Waals surface area contributed by atoms with Crippen LogP contribution >= 0.6 is 0 Å². The summed E-state index contributed by atoms with van der Waals surface area (Å²) < 4.78 is 0. The van der Waals surface area contributed by atoms with Crippen LogP contribution in [0.4, 0.5) is 0 Å². The number of hydrogen-bond acceptors (Lipinski definition) is 5. The summed E-state index contributed by atoms with van der Waals surface area (Å²) in [5, 5.41) is 0. The Kier molecular flexibility index (Phi) is 5.18. The second-order valence-corrected chi connectivity index (χ2v) is 7.36. The molecule has 2 aliphatic heterocycles. The van der Waals surface area contributed by atoms with E-state index >= 15 is 0 Å². The number of hydrogen-bond donors (Lipinski definition) is 1. The van der Waals surface area contributed by atoms with Crippen molar-refractivity contribution < 1.29 is 9.59 Å². The Morgan fingerprint density at radius 1 is 1.21 bits per heavy atom. The van der Waals surface area contributed by atoms with Crippen LogP contribution in [0.2, 0.25) is 0 Å². The summed E-state index contributed by atoms with van der Waals surface area (Å²) in [6, 6.07) is 5.98. The first-order valence-corrected chi connectivity index (χ1v) is 9.65. The van der Waals surface area contributed by atoms with Gasteiger partial charge in [-0.3, -0.25) is 19.4 Å². The molecule has 4 heterocycles. The summed E-state index contributed by atoms with van der Waals surface area (Å²) >= 11 is 0. The van der Waals surface area contributed by atoms with Gasteiger partial charge in [-0.25, -0.2) is 4.98 Å². The van der Waals surface area contributed by atoms with Crippen LogP contribution in [-0.2, 0) is 11.2 Å². The average molecular weight is 381 g/mol. The van der Waals surface area contributed by atoms with E-state index in [1.807, 2.05) is 23.1 Å². The number of likely N-dealkylation sites (tertiary alicyclic amines) is 2. The molecule has 2 aliphatic rings. The number of nitrogens with one attached hydrogen (secondary N) is 1. The highest BCUT2D eigenvalue weighted by Crippen LogP contribution is 2.31. The van der Waals surface area contributed by atoms with E-state index in [1.165, 1.54) is 6.20 Å². The molecule has 146 valence electrons. The maximum absolute atomic E-state index is 12.7. The molecule has 0 unspecified atom stereocenters. The maximum atomic E-state index is 12.7. The number of aromatic amines is 1. The molecule has 2 fully saturated rings. The molecule has 2 aromatic rings. The number of nitrogens with zero attached hydrogens (tertiary/aromatic N) is 4. The molecular formula is C20H23N5O3. The number of piperidine rings is 2. The van der Waals surface area contributed by atoms with Crippen molar-refractivity contribution in [3.8, 4) is 0 Å². The maximum Gasteiger partial charge on any atom is 0.273 e. The van der Waals surface area contributed by atoms with E-state index in [4.69, 9.17) is 0 Å². The third-order valence-electron chi connectivity index (χ3n) is 5.66. The van der Waals surface area contributed by atoms with Crippen LogP contribution in [0.3, 0.4) is 0 Å². The molecule has 2 amide bonds. The van der Waals surface area contributed by atoms with Gasteiger partial charge in [-0.2, -0.15) is 0 Å². The van der Waals surface area contributed by atoms with Gasteiger partial charge in [0.2, 0.25) is 5.91 Å². The largest absolute Gasteiger partial charge is 0.339 e. The molecule has 0 aromatic carbocycles. The molecule has 1 N–H and O–H groups in total. The van der Waals surface area contributed by atoms with Gasteiger partial charge in [0.15, 0.2) is 0 Å². The Bertz CT molecular complexity index is 893. The number of H-pyrrole nitrogens is 1. The lowest BCUT2D eigenvalue weighted by Crippen LogP contribution is -2.57. The van der Waals surface area contributed by atoms with Gasteiger partial charge in [-0.05, 0) is 30.9 Å². The van der Waals surface area contributed by atoms with Gasteiger partial charge in [0.1, 0.15) is 5.69 Å². The van der Waals surface area contributed by atoms with Crippen molar-refractivity contribution in [3.63, 3.8) is 0 Å². The predicted molar refractivity (Wildman–Crippen MR) is 102 cm³/mol. The molecule has 0 spiro atoms. The van der Waals surface area contributed by atoms with Crippen LogP contribution in [0.5, 0.6) is 0 Å². The van der Waals surface area contributed by atoms with Crippen molar-refractivity contribution >= 4 is 11.8 Å². The normalized spacial score (nSPS) is 22.1. The third-order valence-corrected chi connectivity index (χ3v) is 5.66. The molecule has 0 aliphatic carbocycles. The van der Waals surface area contributed by atoms with Crippen molar-refractivity contribution in [2.75, 3.05) is 19.6 Å². The summed E-state index contributed by atoms with van der Waals surface area (Å²) in [6.45, 7) is 1.85. The monoisotopic (exact) mass is 381 g/mol. The number of amides is 2. The average Bonchev–Trinajstić information content (AvgIpc) is 2.73. The molecule has 2 atom stereocenters. The van der Waals surface area contributed by atoms with Crippen LogP contribution in [0.1, 0.15) is 35.4 Å². The van der Waals surface area contributed by atoms with Crippen LogP contribution in [0.25, 0.3) is 0 Å². The van der Waals surface area contributed by atoms with Crippen LogP contribution in [0, 0.1) is 5.92 Å². The summed E-state index contributed by atoms with van der Waals surface area (Å²) in [5.74, 6) is 0.285. The van der Waals surface area contributed by atoms with E-state index in [-0.39, 0.29) is 35.0 Å². The van der Waals surface area contributed by atoms with E-state index in [1.54, 1.807) is 11.1 Å². The number of aromatic nitrogens is 3. The lowest BCUT2D eigenvalue weighted by Gasteiger charge is -2.47. The molecule has 8 heteroatoms. The molecule has 0 radical (unpaired) electrons. The highest BCUT2D eigenvalue weighted by atomic mass is 16.2. The standard InChI is InChI=1S/C20H23N5O3/c26-18-12-22-16(11-23-18)20(28)24-9-7-17-14(13-24)4-5-19(27)25(17)10-6-15-3-1-2-8-21-15/h1-3,8,11-12,14,17H,4-7,9-10,13H2,(H,23,26)/t14-,17+/m0/s1. The summed E-state index contributed by atoms with van der Waals surface area (Å²) in [5.41, 5.74) is 0.899. The van der Waals surface area contributed by atoms with E-state index in [0.717, 1.165) is 31.2 Å². The van der Waals surface area contributed by atoms with E-state index in [2.05, 4.69) is 15.0 Å². The van der Waals surface area contributed by atoms with Gasteiger partial charge in [-0.15, -0.1) is 0 Å². The molecule has 4 rings (SSSR count). The quantitative estimate of drug-likeness (QED) is 0.847. The first kappa shape index (κ1) is 18.3. The number of carbonyl (C=O) groups excluding carboxylic acids is 2. The van der Waals surface area contributed by atoms with E-state index < -0.39 is 0 Å². The van der Waals surface area contributed by atoms with Crippen LogP contribution in [0.15, 0.2) is 41.6 Å². The van der Waals surface area contributed by atoms with Crippen LogP contribution in [-0.4, -0.2) is 62.2 Å². The minimum atomic E-state index is -0.329. The minimum Gasteiger partial charge on any atom is -0.339 e. The fourth-order valence-electron chi connectivity index (χ4n) is 4.23. The van der Waals surface area contributed by atoms with Crippen molar-refractivity contribution in [1.29, 1.82) is 0 Å². The van der Waals surface area contributed by atoms with Gasteiger partial charge < -0.3 is 14.8 Å². The lowest BCUT2D eigenvalue weighted by molar-refractivity contribution is -0.140. The molecule has 0 saturated carbocycles. The van der Waals surface area contributed by atoms with Gasteiger partial charge >= 0.3 is 0 Å². The second kappa shape index (κ2) is 7.92. The zero-order chi connectivity index (χ0) is 19.5. The second-order valence-electron chi connectivity index (χ2n) is 7.36. The Hall–Kier alpha value is -3.03. The Balaban J connectivity index is 1.41. The van der Waals surface area contributed by atoms with E-state index in [9.17, 15) is 14.4 Å². The first-order chi connectivity index (χ1) is 13.6. The minimum absolute atomic E-state index is 0.164. The lowest BCUT2D eigenvalue weighted by atomic mass is 9.83. The Morgan fingerprint density at radius 2 is 2.11 bits per heavy atom. The summed E-state index contributed by atoms with van der Waals surface area (Å²) in [6.07, 6.45) is 7.06. The van der Waals surface area contributed by atoms with Crippen molar-refractivity contribution in [3.05, 3.63) is 58.5 Å². The van der Waals surface area contributed by atoms with Crippen molar-refractivity contribution in [1.82, 2.24) is 24.8 Å². The first-order valence-electron chi connectivity index (χ1n) is 9.65. The van der Waals surface area contributed by atoms with Crippen molar-refractivity contribution in [2.24, 2.45) is 5.92 Å². The zero-order valence-corrected chi connectivity index (χ0v) is 15.6. The molecule has 0 bridgehead atoms. The predicted octanol–water partition coefficient (Wildman–Crippen LogP) is 0.861. The Labute approximate surface area is 162 Å². The number of pyridine rings is 1. The van der Waals surface area contributed by atoms with Crippen LogP contribution < -0.4 is 5.56 Å². The number of carbonyl (C=O) groups is 2. The highest BCUT2D eigenvalue weighted by molar-refractivity contribution is 5.92. The smallest absolute Gasteiger partial charge is 0.273 e. The van der Waals surface area contributed by atoms with Gasteiger partial charge in [0, 0.05) is 56.6 Å². The molecule has 2 aromatic heterocycles. The fraction of sp³-hybridized carbons (Fsp3) is 0.450. The van der Waals surface area contributed by atoms with E-state index in [0.29, 0.717) is 26.1 Å². The van der Waals surface area contributed by atoms with Gasteiger partial charge in [-0.1, -0.05) is 6.07 Å². The molecular weight excluding hydrogens is 358 g/mol. The zero-order valence-electron chi connectivity index (χ0n) is 15.6. The number of rotatable bonds is 4. The highest BCUT2D eigenvalue weighted by Gasteiger charge is 2.40. The molecule has 28 heavy (non-hydrogen) atoms. The number of fused-ring (bicyclic) bond motifs is 1.